The number of nitro groups is 1. The standard InChI is InChI=1S/C19H28N4O11S/c1-13(32-18(26)33-15-7-5-14(6-8-15)23(27)28)12-35(29,30)10-9-20-16(24)11-31-21-22-34-17(25)19(2,3)4/h5-8,13,21-22H,9-12H2,1-4H3,(H,20,24). The van der Waals surface area contributed by atoms with Gasteiger partial charge in [0.2, 0.25) is 5.91 Å². The quantitative estimate of drug-likeness (QED) is 0.107. The van der Waals surface area contributed by atoms with Crippen LogP contribution in [-0.4, -0.2) is 62.1 Å². The Morgan fingerprint density at radius 2 is 1.74 bits per heavy atom. The Morgan fingerprint density at radius 1 is 1.11 bits per heavy atom. The molecule has 1 aromatic carbocycles. The number of nitrogens with zero attached hydrogens (tertiary/aromatic N) is 1. The van der Waals surface area contributed by atoms with Crippen LogP contribution in [0.5, 0.6) is 5.75 Å². The molecule has 0 aliphatic rings. The third-order valence-electron chi connectivity index (χ3n) is 3.84. The average molecular weight is 521 g/mol. The van der Waals surface area contributed by atoms with Gasteiger partial charge in [-0.25, -0.2) is 18.0 Å². The van der Waals surface area contributed by atoms with Crippen molar-refractivity contribution in [3.8, 4) is 5.75 Å². The topological polar surface area (TPSA) is 201 Å². The monoisotopic (exact) mass is 520 g/mol. The first kappa shape index (κ1) is 29.7. The van der Waals surface area contributed by atoms with E-state index in [1.165, 1.54) is 19.1 Å². The van der Waals surface area contributed by atoms with E-state index in [9.17, 15) is 32.9 Å². The maximum absolute atomic E-state index is 12.2. The molecule has 0 heterocycles. The fraction of sp³-hybridized carbons (Fsp3) is 0.526. The van der Waals surface area contributed by atoms with Crippen molar-refractivity contribution >= 4 is 33.6 Å². The molecule has 0 saturated carbocycles. The number of ether oxygens (including phenoxy) is 2. The number of hydrogen-bond donors (Lipinski definition) is 3. The Hall–Kier alpha value is -3.34. The van der Waals surface area contributed by atoms with Gasteiger partial charge in [0.25, 0.3) is 5.69 Å². The number of nitro benzene ring substituents is 1. The van der Waals surface area contributed by atoms with Gasteiger partial charge in [0.05, 0.1) is 21.8 Å². The van der Waals surface area contributed by atoms with Crippen LogP contribution in [0.15, 0.2) is 24.3 Å². The molecule has 1 amide bonds. The molecule has 1 atom stereocenters. The largest absolute Gasteiger partial charge is 0.514 e. The van der Waals surface area contributed by atoms with Crippen LogP contribution in [0.1, 0.15) is 27.7 Å². The summed E-state index contributed by atoms with van der Waals surface area (Å²) in [6.45, 7) is 5.52. The van der Waals surface area contributed by atoms with E-state index in [4.69, 9.17) is 14.3 Å². The second kappa shape index (κ2) is 13.5. The van der Waals surface area contributed by atoms with Gasteiger partial charge in [-0.1, -0.05) is 5.59 Å². The van der Waals surface area contributed by atoms with Crippen LogP contribution in [0.3, 0.4) is 0 Å². The van der Waals surface area contributed by atoms with Gasteiger partial charge in [-0.05, 0) is 39.8 Å². The number of benzene rings is 1. The third kappa shape index (κ3) is 12.6. The lowest BCUT2D eigenvalue weighted by Gasteiger charge is -2.16. The summed E-state index contributed by atoms with van der Waals surface area (Å²) in [6.07, 6.45) is -2.24. The van der Waals surface area contributed by atoms with E-state index in [1.807, 2.05) is 11.2 Å². The van der Waals surface area contributed by atoms with Crippen LogP contribution in [0, 0.1) is 15.5 Å². The van der Waals surface area contributed by atoms with Crippen molar-refractivity contribution in [1.29, 1.82) is 0 Å². The summed E-state index contributed by atoms with van der Waals surface area (Å²) < 4.78 is 34.0. The molecule has 0 aliphatic carbocycles. The molecule has 1 aromatic rings. The molecule has 0 fully saturated rings. The van der Waals surface area contributed by atoms with Gasteiger partial charge in [0.1, 0.15) is 18.5 Å². The first-order chi connectivity index (χ1) is 16.2. The van der Waals surface area contributed by atoms with E-state index in [-0.39, 0.29) is 18.0 Å². The van der Waals surface area contributed by atoms with E-state index in [0.29, 0.717) is 0 Å². The molecule has 0 radical (unpaired) electrons. The minimum absolute atomic E-state index is 0.0161. The van der Waals surface area contributed by atoms with E-state index >= 15 is 0 Å². The van der Waals surface area contributed by atoms with Crippen LogP contribution in [-0.2, 0) is 33.8 Å². The summed E-state index contributed by atoms with van der Waals surface area (Å²) in [5, 5.41) is 12.9. The summed E-state index contributed by atoms with van der Waals surface area (Å²) in [6, 6.07) is 4.64. The predicted octanol–water partition coefficient (Wildman–Crippen LogP) is 0.560. The lowest BCUT2D eigenvalue weighted by atomic mass is 9.98. The van der Waals surface area contributed by atoms with E-state index in [2.05, 4.69) is 10.2 Å². The van der Waals surface area contributed by atoms with Crippen LogP contribution in [0.25, 0.3) is 0 Å². The van der Waals surface area contributed by atoms with Crippen LogP contribution < -0.4 is 21.2 Å². The summed E-state index contributed by atoms with van der Waals surface area (Å²) in [5.74, 6) is -2.19. The Kier molecular flexibility index (Phi) is 11.5. The first-order valence-corrected chi connectivity index (χ1v) is 11.9. The molecule has 0 spiro atoms. The number of hydrogen-bond acceptors (Lipinski definition) is 13. The molecule has 0 aromatic heterocycles. The number of nitrogens with one attached hydrogen (secondary N) is 3. The van der Waals surface area contributed by atoms with Gasteiger partial charge >= 0.3 is 12.1 Å². The Labute approximate surface area is 201 Å². The van der Waals surface area contributed by atoms with Crippen LogP contribution >= 0.6 is 0 Å². The summed E-state index contributed by atoms with van der Waals surface area (Å²) in [5.41, 5.74) is 3.10. The van der Waals surface area contributed by atoms with Gasteiger partial charge in [-0.3, -0.25) is 19.7 Å². The van der Waals surface area contributed by atoms with Crippen molar-refractivity contribution in [2.75, 3.05) is 24.7 Å². The van der Waals surface area contributed by atoms with E-state index in [1.54, 1.807) is 20.8 Å². The maximum atomic E-state index is 12.2. The summed E-state index contributed by atoms with van der Waals surface area (Å²) >= 11 is 0. The Balaban J connectivity index is 2.27. The zero-order valence-corrected chi connectivity index (χ0v) is 20.4. The zero-order valence-electron chi connectivity index (χ0n) is 19.6. The molecular weight excluding hydrogens is 492 g/mol. The van der Waals surface area contributed by atoms with Crippen molar-refractivity contribution < 1.29 is 46.9 Å². The average Bonchev–Trinajstić information content (AvgIpc) is 2.72. The zero-order chi connectivity index (χ0) is 26.6. The second-order valence-electron chi connectivity index (χ2n) is 8.13. The van der Waals surface area contributed by atoms with Crippen molar-refractivity contribution in [3.63, 3.8) is 0 Å². The van der Waals surface area contributed by atoms with Gasteiger partial charge in [0.15, 0.2) is 9.84 Å². The van der Waals surface area contributed by atoms with Crippen molar-refractivity contribution in [2.45, 2.75) is 33.8 Å². The smallest absolute Gasteiger partial charge is 0.430 e. The highest BCUT2D eigenvalue weighted by Crippen LogP contribution is 2.18. The maximum Gasteiger partial charge on any atom is 0.514 e. The molecule has 1 unspecified atom stereocenters. The molecule has 35 heavy (non-hydrogen) atoms. The molecule has 15 nitrogen and oxygen atoms in total. The fourth-order valence-electron chi connectivity index (χ4n) is 2.14. The number of carbonyl (C=O) groups is 3. The molecule has 0 bridgehead atoms. The minimum Gasteiger partial charge on any atom is -0.430 e. The lowest BCUT2D eigenvalue weighted by Crippen LogP contribution is -2.41. The molecular formula is C19H28N4O11S. The van der Waals surface area contributed by atoms with Crippen molar-refractivity contribution in [3.05, 3.63) is 34.4 Å². The normalized spacial score (nSPS) is 12.3. The number of hydrazine groups is 1. The highest BCUT2D eigenvalue weighted by Gasteiger charge is 2.23. The highest BCUT2D eigenvalue weighted by atomic mass is 32.2. The minimum atomic E-state index is -3.71. The number of sulfone groups is 1. The number of non-ortho nitro benzene ring substituents is 1. The molecule has 1 rings (SSSR count). The second-order valence-corrected chi connectivity index (χ2v) is 10.4. The van der Waals surface area contributed by atoms with Crippen LogP contribution in [0.4, 0.5) is 10.5 Å². The SMILES string of the molecule is CC(CS(=O)(=O)CCNC(=O)CONNOC(=O)C(C)(C)C)OC(=O)Oc1ccc([N+](=O)[O-])cc1. The number of carbonyl (C=O) groups excluding carboxylic acids is 3. The van der Waals surface area contributed by atoms with Crippen LogP contribution in [0.2, 0.25) is 0 Å². The summed E-state index contributed by atoms with van der Waals surface area (Å²) in [7, 11) is -3.71. The molecule has 16 heteroatoms. The number of amides is 1. The molecule has 0 aliphatic heterocycles. The molecule has 0 saturated heterocycles. The highest BCUT2D eigenvalue weighted by molar-refractivity contribution is 7.91. The van der Waals surface area contributed by atoms with E-state index in [0.717, 1.165) is 12.1 Å². The molecule has 196 valence electrons. The van der Waals surface area contributed by atoms with Gasteiger partial charge in [-0.2, -0.15) is 0 Å². The van der Waals surface area contributed by atoms with Crippen molar-refractivity contribution in [1.82, 2.24) is 16.5 Å². The van der Waals surface area contributed by atoms with Gasteiger partial charge in [-0.15, -0.1) is 5.59 Å². The lowest BCUT2D eigenvalue weighted by molar-refractivity contribution is -0.384. The Morgan fingerprint density at radius 3 is 2.31 bits per heavy atom. The van der Waals surface area contributed by atoms with Gasteiger partial charge < -0.3 is 19.6 Å². The number of rotatable bonds is 13. The molecule has 3 N–H and O–H groups in total. The van der Waals surface area contributed by atoms with Crippen molar-refractivity contribution in [2.24, 2.45) is 5.41 Å². The first-order valence-electron chi connectivity index (χ1n) is 10.1. The predicted molar refractivity (Wildman–Crippen MR) is 119 cm³/mol. The van der Waals surface area contributed by atoms with Gasteiger partial charge in [0, 0.05) is 18.7 Å². The Bertz CT molecular complexity index is 991. The summed E-state index contributed by atoms with van der Waals surface area (Å²) in [4.78, 5) is 54.2. The third-order valence-corrected chi connectivity index (χ3v) is 5.65. The fourth-order valence-corrected chi connectivity index (χ4v) is 3.51. The van der Waals surface area contributed by atoms with E-state index < -0.39 is 62.4 Å².